The molecule has 0 aliphatic rings. The number of carbonyl (C=O) groups is 1. The highest BCUT2D eigenvalue weighted by Crippen LogP contribution is 2.12. The van der Waals surface area contributed by atoms with Crippen molar-refractivity contribution in [1.29, 1.82) is 0 Å². The molecule has 0 spiro atoms. The van der Waals surface area contributed by atoms with Crippen LogP contribution in [0.3, 0.4) is 0 Å². The Hall–Kier alpha value is -1.20. The molecule has 0 atom stereocenters. The number of halogens is 1. The van der Waals surface area contributed by atoms with Crippen LogP contribution in [-0.2, 0) is 17.6 Å². The number of hydrogen-bond donors (Lipinski definition) is 1. The van der Waals surface area contributed by atoms with Gasteiger partial charge < -0.3 is 5.32 Å². The van der Waals surface area contributed by atoms with Gasteiger partial charge in [0, 0.05) is 28.5 Å². The summed E-state index contributed by atoms with van der Waals surface area (Å²) < 4.78 is 1.03. The minimum Gasteiger partial charge on any atom is -0.355 e. The smallest absolute Gasteiger partial charge is 0.224 e. The quantitative estimate of drug-likeness (QED) is 0.909. The molecule has 2 rings (SSSR count). The number of carbonyl (C=O) groups excluding carboxylic acids is 1. The van der Waals surface area contributed by atoms with Gasteiger partial charge >= 0.3 is 0 Å². The molecule has 1 amide bonds. The molecule has 2 aromatic rings. The van der Waals surface area contributed by atoms with Crippen molar-refractivity contribution in [1.82, 2.24) is 10.3 Å². The standard InChI is InChI=1S/C14H15BrN2OS/c1-10-17-9-13(19-10)6-7-16-14(18)8-11-2-4-12(15)5-3-11/h2-5,9H,6-8H2,1H3,(H,16,18). The summed E-state index contributed by atoms with van der Waals surface area (Å²) in [5, 5.41) is 4.00. The lowest BCUT2D eigenvalue weighted by molar-refractivity contribution is -0.120. The van der Waals surface area contributed by atoms with Gasteiger partial charge in [-0.05, 0) is 24.6 Å². The summed E-state index contributed by atoms with van der Waals surface area (Å²) >= 11 is 5.05. The fourth-order valence-corrected chi connectivity index (χ4v) is 2.75. The molecule has 1 aromatic heterocycles. The van der Waals surface area contributed by atoms with E-state index in [0.29, 0.717) is 13.0 Å². The summed E-state index contributed by atoms with van der Waals surface area (Å²) in [6.45, 7) is 2.65. The molecule has 0 bridgehead atoms. The van der Waals surface area contributed by atoms with Gasteiger partial charge in [0.1, 0.15) is 0 Å². The normalized spacial score (nSPS) is 10.4. The predicted molar refractivity (Wildman–Crippen MR) is 81.4 cm³/mol. The number of hydrogen-bond acceptors (Lipinski definition) is 3. The average Bonchev–Trinajstić information content (AvgIpc) is 2.78. The van der Waals surface area contributed by atoms with Crippen LogP contribution in [0.2, 0.25) is 0 Å². The molecule has 0 saturated heterocycles. The number of aryl methyl sites for hydroxylation is 1. The van der Waals surface area contributed by atoms with Crippen molar-refractivity contribution in [2.24, 2.45) is 0 Å². The lowest BCUT2D eigenvalue weighted by Crippen LogP contribution is -2.27. The predicted octanol–water partition coefficient (Wildman–Crippen LogP) is 3.12. The van der Waals surface area contributed by atoms with Crippen LogP contribution in [0.1, 0.15) is 15.4 Å². The molecule has 0 aliphatic carbocycles. The monoisotopic (exact) mass is 338 g/mol. The summed E-state index contributed by atoms with van der Waals surface area (Å²) in [6, 6.07) is 7.80. The van der Waals surface area contributed by atoms with E-state index in [1.54, 1.807) is 11.3 Å². The van der Waals surface area contributed by atoms with E-state index < -0.39 is 0 Å². The first-order valence-electron chi connectivity index (χ1n) is 6.06. The van der Waals surface area contributed by atoms with Gasteiger partial charge in [-0.2, -0.15) is 0 Å². The van der Waals surface area contributed by atoms with Crippen LogP contribution in [-0.4, -0.2) is 17.4 Å². The Kier molecular flexibility index (Phi) is 5.10. The molecule has 0 radical (unpaired) electrons. The maximum absolute atomic E-state index is 11.8. The molecular formula is C14H15BrN2OS. The van der Waals surface area contributed by atoms with Gasteiger partial charge in [0.05, 0.1) is 11.4 Å². The summed E-state index contributed by atoms with van der Waals surface area (Å²) in [6.07, 6.45) is 3.15. The van der Waals surface area contributed by atoms with E-state index >= 15 is 0 Å². The van der Waals surface area contributed by atoms with Gasteiger partial charge in [-0.25, -0.2) is 4.98 Å². The number of benzene rings is 1. The molecule has 100 valence electrons. The van der Waals surface area contributed by atoms with E-state index in [-0.39, 0.29) is 5.91 Å². The van der Waals surface area contributed by atoms with Gasteiger partial charge in [-0.15, -0.1) is 11.3 Å². The molecule has 5 heteroatoms. The maximum Gasteiger partial charge on any atom is 0.224 e. The highest BCUT2D eigenvalue weighted by molar-refractivity contribution is 9.10. The van der Waals surface area contributed by atoms with E-state index in [1.165, 1.54) is 4.88 Å². The van der Waals surface area contributed by atoms with Gasteiger partial charge in [0.25, 0.3) is 0 Å². The molecule has 0 unspecified atom stereocenters. The first kappa shape index (κ1) is 14.2. The Labute approximate surface area is 125 Å². The lowest BCUT2D eigenvalue weighted by atomic mass is 10.1. The van der Waals surface area contributed by atoms with E-state index in [1.807, 2.05) is 37.4 Å². The lowest BCUT2D eigenvalue weighted by Gasteiger charge is -2.04. The number of rotatable bonds is 5. The molecule has 1 aromatic carbocycles. The van der Waals surface area contributed by atoms with Crippen LogP contribution >= 0.6 is 27.3 Å². The molecular weight excluding hydrogens is 324 g/mol. The molecule has 3 nitrogen and oxygen atoms in total. The Morgan fingerprint density at radius 3 is 2.74 bits per heavy atom. The van der Waals surface area contributed by atoms with Crippen molar-refractivity contribution in [3.05, 3.63) is 50.4 Å². The summed E-state index contributed by atoms with van der Waals surface area (Å²) in [4.78, 5) is 17.2. The van der Waals surface area contributed by atoms with Gasteiger partial charge in [-0.3, -0.25) is 4.79 Å². The van der Waals surface area contributed by atoms with Crippen LogP contribution in [0.5, 0.6) is 0 Å². The molecule has 1 N–H and O–H groups in total. The molecule has 0 aliphatic heterocycles. The van der Waals surface area contributed by atoms with Crippen LogP contribution < -0.4 is 5.32 Å². The zero-order valence-electron chi connectivity index (χ0n) is 10.6. The Morgan fingerprint density at radius 2 is 2.11 bits per heavy atom. The second-order valence-corrected chi connectivity index (χ2v) is 6.48. The number of nitrogens with one attached hydrogen (secondary N) is 1. The zero-order valence-corrected chi connectivity index (χ0v) is 13.1. The second-order valence-electron chi connectivity index (χ2n) is 4.25. The van der Waals surface area contributed by atoms with Crippen LogP contribution in [0.25, 0.3) is 0 Å². The van der Waals surface area contributed by atoms with Crippen molar-refractivity contribution in [3.63, 3.8) is 0 Å². The number of thiazole rings is 1. The van der Waals surface area contributed by atoms with Gasteiger partial charge in [-0.1, -0.05) is 28.1 Å². The highest BCUT2D eigenvalue weighted by atomic mass is 79.9. The third-order valence-electron chi connectivity index (χ3n) is 2.64. The second kappa shape index (κ2) is 6.82. The fourth-order valence-electron chi connectivity index (χ4n) is 1.70. The van der Waals surface area contributed by atoms with Gasteiger partial charge in [0.15, 0.2) is 0 Å². The Bertz CT molecular complexity index is 551. The number of aromatic nitrogens is 1. The first-order valence-corrected chi connectivity index (χ1v) is 7.67. The zero-order chi connectivity index (χ0) is 13.7. The minimum atomic E-state index is 0.0589. The van der Waals surface area contributed by atoms with Gasteiger partial charge in [0.2, 0.25) is 5.91 Å². The van der Waals surface area contributed by atoms with Crippen LogP contribution in [0, 0.1) is 6.92 Å². The highest BCUT2D eigenvalue weighted by Gasteiger charge is 2.04. The fraction of sp³-hybridized carbons (Fsp3) is 0.286. The van der Waals surface area contributed by atoms with E-state index in [2.05, 4.69) is 26.2 Å². The van der Waals surface area contributed by atoms with Crippen LogP contribution in [0.15, 0.2) is 34.9 Å². The Balaban J connectivity index is 1.74. The van der Waals surface area contributed by atoms with Crippen molar-refractivity contribution in [2.75, 3.05) is 6.54 Å². The number of nitrogens with zero attached hydrogens (tertiary/aromatic N) is 1. The van der Waals surface area contributed by atoms with Crippen molar-refractivity contribution in [2.45, 2.75) is 19.8 Å². The summed E-state index contributed by atoms with van der Waals surface area (Å²) in [5.74, 6) is 0.0589. The third-order valence-corrected chi connectivity index (χ3v) is 4.14. The number of amides is 1. The van der Waals surface area contributed by atoms with Crippen molar-refractivity contribution >= 4 is 33.2 Å². The van der Waals surface area contributed by atoms with Crippen LogP contribution in [0.4, 0.5) is 0 Å². The average molecular weight is 339 g/mol. The first-order chi connectivity index (χ1) is 9.13. The van der Waals surface area contributed by atoms with E-state index in [4.69, 9.17) is 0 Å². The molecule has 0 saturated carbocycles. The summed E-state index contributed by atoms with van der Waals surface area (Å²) in [5.41, 5.74) is 1.02. The minimum absolute atomic E-state index is 0.0589. The summed E-state index contributed by atoms with van der Waals surface area (Å²) in [7, 11) is 0. The third kappa shape index (κ3) is 4.76. The largest absolute Gasteiger partial charge is 0.355 e. The molecule has 1 heterocycles. The van der Waals surface area contributed by atoms with Crippen molar-refractivity contribution < 1.29 is 4.79 Å². The Morgan fingerprint density at radius 1 is 1.37 bits per heavy atom. The van der Waals surface area contributed by atoms with E-state index in [0.717, 1.165) is 21.5 Å². The maximum atomic E-state index is 11.8. The topological polar surface area (TPSA) is 42.0 Å². The molecule has 19 heavy (non-hydrogen) atoms. The molecule has 0 fully saturated rings. The van der Waals surface area contributed by atoms with Crippen molar-refractivity contribution in [3.8, 4) is 0 Å². The SMILES string of the molecule is Cc1ncc(CCNC(=O)Cc2ccc(Br)cc2)s1. The van der Waals surface area contributed by atoms with E-state index in [9.17, 15) is 4.79 Å².